The van der Waals surface area contributed by atoms with Gasteiger partial charge in [-0.1, -0.05) is 27.7 Å². The molecule has 0 fully saturated rings. The molecule has 0 radical (unpaired) electrons. The van der Waals surface area contributed by atoms with Gasteiger partial charge in [-0.3, -0.25) is 0 Å². The molecule has 124 valence electrons. The van der Waals surface area contributed by atoms with Gasteiger partial charge in [-0.15, -0.1) is 26.5 Å². The quantitative estimate of drug-likeness (QED) is 0.355. The molecule has 0 spiro atoms. The van der Waals surface area contributed by atoms with Crippen LogP contribution in [0.4, 0.5) is 0 Å². The fourth-order valence-electron chi connectivity index (χ4n) is 2.39. The first-order valence-electron chi connectivity index (χ1n) is 7.70. The van der Waals surface area contributed by atoms with Crippen molar-refractivity contribution in [3.8, 4) is 0 Å². The Labute approximate surface area is 146 Å². The Balaban J connectivity index is 0.000000562. The van der Waals surface area contributed by atoms with Crippen molar-refractivity contribution >= 4 is 26.5 Å². The fraction of sp³-hybridized carbons (Fsp3) is 0.444. The van der Waals surface area contributed by atoms with Crippen LogP contribution >= 0.6 is 15.8 Å². The predicted octanol–water partition coefficient (Wildman–Crippen LogP) is 5.10. The molecule has 0 N–H and O–H groups in total. The smallest absolute Gasteiger partial charge is 0 e. The average molecular weight is 407 g/mol. The molecule has 0 amide bonds. The zero-order chi connectivity index (χ0) is 14.8. The summed E-state index contributed by atoms with van der Waals surface area (Å²) in [6.45, 7) is 9.36. The second kappa shape index (κ2) is 12.7. The Morgan fingerprint density at radius 1 is 0.857 bits per heavy atom. The molecule has 2 aromatic carbocycles. The van der Waals surface area contributed by atoms with E-state index >= 15 is 0 Å². The van der Waals surface area contributed by atoms with Crippen LogP contribution in [0.5, 0.6) is 0 Å². The topological polar surface area (TPSA) is 0 Å². The molecule has 3 heteroatoms. The van der Waals surface area contributed by atoms with E-state index in [4.69, 9.17) is 0 Å². The van der Waals surface area contributed by atoms with E-state index in [1.807, 2.05) is 30.3 Å². The summed E-state index contributed by atoms with van der Waals surface area (Å²) in [6, 6.07) is 17.0. The summed E-state index contributed by atoms with van der Waals surface area (Å²) >= 11 is 0. The third-order valence-electron chi connectivity index (χ3n) is 3.53. The first kappa shape index (κ1) is 21.2. The molecule has 2 aromatic rings. The first-order valence-corrected chi connectivity index (χ1v) is 11.1. The second-order valence-corrected chi connectivity index (χ2v) is 10.3. The van der Waals surface area contributed by atoms with Gasteiger partial charge in [-0.2, -0.15) is 6.07 Å². The van der Waals surface area contributed by atoms with Gasteiger partial charge in [0.1, 0.15) is 0 Å². The normalized spacial score (nSPS) is 10.2. The van der Waals surface area contributed by atoms with Gasteiger partial charge < -0.3 is 30.3 Å². The van der Waals surface area contributed by atoms with E-state index in [1.165, 1.54) is 24.6 Å². The summed E-state index contributed by atoms with van der Waals surface area (Å²) in [7, 11) is 0.274. The minimum absolute atomic E-state index is 0. The van der Waals surface area contributed by atoms with E-state index in [2.05, 4.69) is 45.9 Å². The van der Waals surface area contributed by atoms with Crippen molar-refractivity contribution in [1.29, 1.82) is 0 Å². The average Bonchev–Trinajstić information content (AvgIpc) is 3.16. The summed E-state index contributed by atoms with van der Waals surface area (Å²) in [5.41, 5.74) is 0. The van der Waals surface area contributed by atoms with E-state index in [1.54, 1.807) is 10.6 Å². The van der Waals surface area contributed by atoms with E-state index in [-0.39, 0.29) is 35.3 Å². The van der Waals surface area contributed by atoms with E-state index in [9.17, 15) is 0 Å². The van der Waals surface area contributed by atoms with Crippen molar-refractivity contribution in [2.45, 2.75) is 27.7 Å². The van der Waals surface area contributed by atoms with Crippen molar-refractivity contribution < 1.29 is 19.5 Å². The van der Waals surface area contributed by atoms with Crippen LogP contribution in [0.25, 0.3) is 0 Å². The summed E-state index contributed by atoms with van der Waals surface area (Å²) < 4.78 is 0. The van der Waals surface area contributed by atoms with Gasteiger partial charge in [-0.25, -0.2) is 12.1 Å². The van der Waals surface area contributed by atoms with Gasteiger partial charge in [0, 0.05) is 19.5 Å². The van der Waals surface area contributed by atoms with Gasteiger partial charge >= 0.3 is 0 Å². The Bertz CT molecular complexity index is 382. The number of hydrogen-bond acceptors (Lipinski definition) is 0. The third-order valence-corrected chi connectivity index (χ3v) is 8.91. The maximum atomic E-state index is 2.38. The molecule has 0 unspecified atom stereocenters. The molecule has 0 heterocycles. The van der Waals surface area contributed by atoms with Crippen molar-refractivity contribution in [1.82, 2.24) is 0 Å². The molecular formula is C18H28P2Ru-6. The van der Waals surface area contributed by atoms with Crippen LogP contribution in [0, 0.1) is 0 Å². The first-order chi connectivity index (χ1) is 9.78. The molecule has 0 nitrogen and oxygen atoms in total. The van der Waals surface area contributed by atoms with Crippen molar-refractivity contribution in [2.24, 2.45) is 0 Å². The maximum absolute atomic E-state index is 2.38. The van der Waals surface area contributed by atoms with Gasteiger partial charge in [0.25, 0.3) is 0 Å². The fourth-order valence-corrected chi connectivity index (χ4v) is 6.88. The molecule has 0 bridgehead atoms. The molecule has 0 aliphatic heterocycles. The van der Waals surface area contributed by atoms with E-state index < -0.39 is 0 Å². The van der Waals surface area contributed by atoms with Crippen LogP contribution in [-0.4, -0.2) is 24.6 Å². The summed E-state index contributed by atoms with van der Waals surface area (Å²) in [5, 5.41) is 3.43. The molecule has 0 saturated carbocycles. The molecule has 2 rings (SSSR count). The van der Waals surface area contributed by atoms with Gasteiger partial charge in [0.05, 0.1) is 0 Å². The SMILES string of the molecule is CCP(CC)c1ccc[c-]1P(CC)CC.[Ru].[cH-]1[cH-][cH-][cH-][cH-]1. The van der Waals surface area contributed by atoms with E-state index in [0.717, 1.165) is 0 Å². The molecule has 0 atom stereocenters. The summed E-state index contributed by atoms with van der Waals surface area (Å²) in [6.07, 6.45) is 5.39. The summed E-state index contributed by atoms with van der Waals surface area (Å²) in [4.78, 5) is 0. The minimum Gasteiger partial charge on any atom is -0.748 e. The monoisotopic (exact) mass is 408 g/mol. The molecule has 21 heavy (non-hydrogen) atoms. The van der Waals surface area contributed by atoms with Crippen LogP contribution in [0.3, 0.4) is 0 Å². The molecule has 0 saturated heterocycles. The van der Waals surface area contributed by atoms with Crippen molar-refractivity contribution in [3.63, 3.8) is 0 Å². The van der Waals surface area contributed by atoms with Gasteiger partial charge in [0.15, 0.2) is 0 Å². The molecule has 0 aromatic heterocycles. The van der Waals surface area contributed by atoms with Crippen LogP contribution in [-0.2, 0) is 19.5 Å². The summed E-state index contributed by atoms with van der Waals surface area (Å²) in [5.74, 6) is 0. The Kier molecular flexibility index (Phi) is 12.8. The largest absolute Gasteiger partial charge is 0.748 e. The maximum Gasteiger partial charge on any atom is 0 e. The van der Waals surface area contributed by atoms with Crippen LogP contribution in [0.2, 0.25) is 0 Å². The molecule has 0 aliphatic rings. The number of hydrogen-bond donors (Lipinski definition) is 0. The number of rotatable bonds is 6. The Hall–Kier alpha value is 0.183. The third kappa shape index (κ3) is 6.86. The second-order valence-electron chi connectivity index (χ2n) is 4.60. The zero-order valence-corrected chi connectivity index (χ0v) is 17.2. The van der Waals surface area contributed by atoms with Crippen LogP contribution in [0.15, 0.2) is 48.5 Å². The van der Waals surface area contributed by atoms with Crippen molar-refractivity contribution in [2.75, 3.05) is 24.6 Å². The van der Waals surface area contributed by atoms with Crippen LogP contribution < -0.4 is 10.6 Å². The van der Waals surface area contributed by atoms with Gasteiger partial charge in [0.2, 0.25) is 0 Å². The minimum atomic E-state index is 0. The Morgan fingerprint density at radius 2 is 1.33 bits per heavy atom. The standard InChI is InChI=1S/C13H23P2.C5H5.Ru/c1-5-14(6-2)12-10-9-11-13(12)15(7-3)8-4;1-2-4-5-3-1;/h9-11H,5-8H2,1-4H3;1-5H;/q-1;-5;. The van der Waals surface area contributed by atoms with E-state index in [0.29, 0.717) is 0 Å². The predicted molar refractivity (Wildman–Crippen MR) is 99.3 cm³/mol. The zero-order valence-electron chi connectivity index (χ0n) is 13.7. The molecule has 0 aliphatic carbocycles. The van der Waals surface area contributed by atoms with Crippen molar-refractivity contribution in [3.05, 3.63) is 48.5 Å². The molecular weight excluding hydrogens is 379 g/mol. The van der Waals surface area contributed by atoms with Crippen LogP contribution in [0.1, 0.15) is 27.7 Å². The van der Waals surface area contributed by atoms with Gasteiger partial charge in [-0.05, 0) is 24.6 Å². The Morgan fingerprint density at radius 3 is 1.71 bits per heavy atom.